The van der Waals surface area contributed by atoms with E-state index < -0.39 is 11.9 Å². The highest BCUT2D eigenvalue weighted by atomic mass is 35.5. The van der Waals surface area contributed by atoms with Crippen molar-refractivity contribution in [2.24, 2.45) is 5.92 Å². The summed E-state index contributed by atoms with van der Waals surface area (Å²) in [5, 5.41) is 13.0. The van der Waals surface area contributed by atoms with E-state index in [9.17, 15) is 9.50 Å². The zero-order valence-corrected chi connectivity index (χ0v) is 11.5. The monoisotopic (exact) mass is 274 g/mol. The van der Waals surface area contributed by atoms with Crippen LogP contribution in [0.25, 0.3) is 0 Å². The number of aliphatic hydroxyl groups is 1. The molecule has 0 aliphatic carbocycles. The molecule has 1 rings (SSSR count). The minimum atomic E-state index is -0.541. The molecule has 1 aromatic rings. The van der Waals surface area contributed by atoms with Crippen molar-refractivity contribution in [1.29, 1.82) is 0 Å². The molecule has 5 heteroatoms. The van der Waals surface area contributed by atoms with Crippen LogP contribution in [-0.2, 0) is 0 Å². The molecule has 0 aliphatic heterocycles. The van der Waals surface area contributed by atoms with E-state index in [4.69, 9.17) is 17.3 Å². The van der Waals surface area contributed by atoms with Gasteiger partial charge in [-0.05, 0) is 12.0 Å². The Hall–Kier alpha value is -1.00. The van der Waals surface area contributed by atoms with E-state index in [1.807, 2.05) is 13.8 Å². The fourth-order valence-corrected chi connectivity index (χ4v) is 2.09. The third kappa shape index (κ3) is 3.75. The fraction of sp³-hybridized carbons (Fsp3) is 0.538. The van der Waals surface area contributed by atoms with Crippen molar-refractivity contribution < 1.29 is 9.50 Å². The first-order valence-corrected chi connectivity index (χ1v) is 6.53. The summed E-state index contributed by atoms with van der Waals surface area (Å²) in [5.41, 5.74) is 6.51. The van der Waals surface area contributed by atoms with E-state index >= 15 is 0 Å². The molecule has 1 atom stereocenters. The predicted octanol–water partition coefficient (Wildman–Crippen LogP) is 3.27. The predicted molar refractivity (Wildman–Crippen MR) is 74.4 cm³/mol. The average Bonchev–Trinajstić information content (AvgIpc) is 2.33. The molecular weight excluding hydrogens is 255 g/mol. The quantitative estimate of drug-likeness (QED) is 0.698. The molecule has 0 heterocycles. The summed E-state index contributed by atoms with van der Waals surface area (Å²) < 4.78 is 13.1. The van der Waals surface area contributed by atoms with Crippen molar-refractivity contribution in [3.05, 3.63) is 23.0 Å². The molecule has 0 fully saturated rings. The lowest BCUT2D eigenvalue weighted by Gasteiger charge is -2.21. The van der Waals surface area contributed by atoms with E-state index in [1.165, 1.54) is 12.1 Å². The third-order valence-corrected chi connectivity index (χ3v) is 3.48. The average molecular weight is 275 g/mol. The second-order valence-electron chi connectivity index (χ2n) is 4.38. The van der Waals surface area contributed by atoms with Crippen LogP contribution in [0.1, 0.15) is 26.7 Å². The van der Waals surface area contributed by atoms with Crippen molar-refractivity contribution in [2.45, 2.75) is 32.8 Å². The molecule has 0 radical (unpaired) electrons. The number of nitrogens with one attached hydrogen (secondary N) is 1. The first kappa shape index (κ1) is 15.1. The number of benzene rings is 1. The summed E-state index contributed by atoms with van der Waals surface area (Å²) in [6.45, 7) is 4.46. The Morgan fingerprint density at radius 2 is 2.00 bits per heavy atom. The third-order valence-electron chi connectivity index (χ3n) is 3.19. The van der Waals surface area contributed by atoms with Crippen molar-refractivity contribution in [3.63, 3.8) is 0 Å². The Labute approximate surface area is 112 Å². The zero-order valence-electron chi connectivity index (χ0n) is 10.7. The van der Waals surface area contributed by atoms with E-state index in [1.54, 1.807) is 0 Å². The first-order chi connectivity index (χ1) is 8.49. The Balaban J connectivity index is 2.66. The topological polar surface area (TPSA) is 58.3 Å². The van der Waals surface area contributed by atoms with Crippen molar-refractivity contribution in [3.8, 4) is 0 Å². The largest absolute Gasteiger partial charge is 0.397 e. The van der Waals surface area contributed by atoms with Gasteiger partial charge in [0, 0.05) is 12.6 Å². The molecule has 0 spiro atoms. The van der Waals surface area contributed by atoms with Crippen LogP contribution in [0.3, 0.4) is 0 Å². The summed E-state index contributed by atoms with van der Waals surface area (Å²) in [6, 6.07) is 2.61. The number of halogens is 2. The number of hydrogen-bond donors (Lipinski definition) is 3. The van der Waals surface area contributed by atoms with Gasteiger partial charge in [-0.1, -0.05) is 38.3 Å². The molecule has 102 valence electrons. The highest BCUT2D eigenvalue weighted by Gasteiger charge is 2.15. The summed E-state index contributed by atoms with van der Waals surface area (Å²) in [4.78, 5) is 0. The smallest absolute Gasteiger partial charge is 0.143 e. The van der Waals surface area contributed by atoms with E-state index in [-0.39, 0.29) is 16.6 Å². The molecule has 0 saturated heterocycles. The highest BCUT2D eigenvalue weighted by molar-refractivity contribution is 6.31. The lowest BCUT2D eigenvalue weighted by Crippen LogP contribution is -2.27. The van der Waals surface area contributed by atoms with Gasteiger partial charge >= 0.3 is 0 Å². The maximum Gasteiger partial charge on any atom is 0.143 e. The van der Waals surface area contributed by atoms with E-state index in [0.717, 1.165) is 12.8 Å². The molecular formula is C13H20ClFN2O. The second kappa shape index (κ2) is 6.81. The second-order valence-corrected chi connectivity index (χ2v) is 4.79. The summed E-state index contributed by atoms with van der Waals surface area (Å²) >= 11 is 5.69. The molecule has 0 bridgehead atoms. The van der Waals surface area contributed by atoms with Gasteiger partial charge in [0.15, 0.2) is 0 Å². The summed E-state index contributed by atoms with van der Waals surface area (Å²) in [5.74, 6) is -0.296. The van der Waals surface area contributed by atoms with E-state index in [0.29, 0.717) is 12.2 Å². The van der Waals surface area contributed by atoms with Gasteiger partial charge in [-0.25, -0.2) is 4.39 Å². The normalized spacial score (nSPS) is 12.8. The van der Waals surface area contributed by atoms with Gasteiger partial charge < -0.3 is 16.2 Å². The van der Waals surface area contributed by atoms with Gasteiger partial charge in [0.25, 0.3) is 0 Å². The number of aliphatic hydroxyl groups excluding tert-OH is 1. The number of nitrogens with two attached hydrogens (primary N) is 1. The molecule has 0 aliphatic rings. The molecule has 4 N–H and O–H groups in total. The Bertz CT molecular complexity index is 397. The standard InChI is InChI=1S/C13H20ClFN2O/c1-3-8(4-2)13(18)7-17-12-5-9(14)10(15)6-11(12)16/h5-6,8,13,17-18H,3-4,7,16H2,1-2H3. The molecule has 1 unspecified atom stereocenters. The molecule has 18 heavy (non-hydrogen) atoms. The number of nitrogen functional groups attached to an aromatic ring is 1. The van der Waals surface area contributed by atoms with Gasteiger partial charge in [-0.2, -0.15) is 0 Å². The molecule has 3 nitrogen and oxygen atoms in total. The van der Waals surface area contributed by atoms with Crippen LogP contribution in [0, 0.1) is 11.7 Å². The molecule has 0 amide bonds. The van der Waals surface area contributed by atoms with Gasteiger partial charge in [0.2, 0.25) is 0 Å². The SMILES string of the molecule is CCC(CC)C(O)CNc1cc(Cl)c(F)cc1N. The van der Waals surface area contributed by atoms with Crippen molar-refractivity contribution >= 4 is 23.0 Å². The van der Waals surface area contributed by atoms with Crippen LogP contribution in [0.15, 0.2) is 12.1 Å². The zero-order chi connectivity index (χ0) is 13.7. The molecule has 1 aromatic carbocycles. The van der Waals surface area contributed by atoms with Crippen LogP contribution in [0.5, 0.6) is 0 Å². The number of anilines is 2. The van der Waals surface area contributed by atoms with E-state index in [2.05, 4.69) is 5.32 Å². The minimum absolute atomic E-state index is 0.0173. The van der Waals surface area contributed by atoms with Gasteiger partial charge in [0.05, 0.1) is 22.5 Å². The van der Waals surface area contributed by atoms with Crippen LogP contribution >= 0.6 is 11.6 Å². The highest BCUT2D eigenvalue weighted by Crippen LogP contribution is 2.26. The lowest BCUT2D eigenvalue weighted by molar-refractivity contribution is 0.114. The minimum Gasteiger partial charge on any atom is -0.397 e. The number of rotatable bonds is 6. The summed E-state index contributed by atoms with van der Waals surface area (Å²) in [7, 11) is 0. The maximum absolute atomic E-state index is 13.1. The Kier molecular flexibility index (Phi) is 5.69. The van der Waals surface area contributed by atoms with Crippen molar-refractivity contribution in [2.75, 3.05) is 17.6 Å². The fourth-order valence-electron chi connectivity index (χ4n) is 1.93. The molecule has 0 aromatic heterocycles. The van der Waals surface area contributed by atoms with Crippen LogP contribution in [0.4, 0.5) is 15.8 Å². The van der Waals surface area contributed by atoms with Crippen LogP contribution in [0.2, 0.25) is 5.02 Å². The maximum atomic E-state index is 13.1. The summed E-state index contributed by atoms with van der Waals surface area (Å²) in [6.07, 6.45) is 1.38. The first-order valence-electron chi connectivity index (χ1n) is 6.16. The van der Waals surface area contributed by atoms with Crippen LogP contribution in [-0.4, -0.2) is 17.8 Å². The van der Waals surface area contributed by atoms with Gasteiger partial charge in [-0.3, -0.25) is 0 Å². The number of hydrogen-bond acceptors (Lipinski definition) is 3. The lowest BCUT2D eigenvalue weighted by atomic mass is 9.96. The Morgan fingerprint density at radius 1 is 1.39 bits per heavy atom. The molecule has 0 saturated carbocycles. The van der Waals surface area contributed by atoms with Crippen molar-refractivity contribution in [1.82, 2.24) is 0 Å². The van der Waals surface area contributed by atoms with Crippen LogP contribution < -0.4 is 11.1 Å². The Morgan fingerprint density at radius 3 is 2.56 bits per heavy atom. The van der Waals surface area contributed by atoms with Gasteiger partial charge in [0.1, 0.15) is 5.82 Å². The van der Waals surface area contributed by atoms with Gasteiger partial charge in [-0.15, -0.1) is 0 Å².